The second-order valence-corrected chi connectivity index (χ2v) is 5.96. The molecule has 0 fully saturated rings. The van der Waals surface area contributed by atoms with E-state index in [0.717, 1.165) is 0 Å². The Bertz CT molecular complexity index is 803. The number of carbonyl (C=O) groups excluding carboxylic acids is 1. The summed E-state index contributed by atoms with van der Waals surface area (Å²) in [5, 5.41) is 11.6. The predicted molar refractivity (Wildman–Crippen MR) is 92.8 cm³/mol. The molecule has 27 heavy (non-hydrogen) atoms. The number of benzene rings is 2. The second-order valence-electron chi connectivity index (χ2n) is 5.96. The molecule has 0 saturated carbocycles. The SMILES string of the molecule is CC(C(=O)O)c1ccc(NC(=O)Cc2cccc(OCC(F)(F)F)c2)cc1. The van der Waals surface area contributed by atoms with E-state index >= 15 is 0 Å². The van der Waals surface area contributed by atoms with Crippen molar-refractivity contribution < 1.29 is 32.6 Å². The lowest BCUT2D eigenvalue weighted by Gasteiger charge is -2.11. The van der Waals surface area contributed by atoms with E-state index in [9.17, 15) is 22.8 Å². The summed E-state index contributed by atoms with van der Waals surface area (Å²) in [5.41, 5.74) is 1.60. The van der Waals surface area contributed by atoms with Crippen LogP contribution in [0.25, 0.3) is 0 Å². The van der Waals surface area contributed by atoms with Crippen molar-refractivity contribution in [2.24, 2.45) is 0 Å². The van der Waals surface area contributed by atoms with Gasteiger partial charge in [0, 0.05) is 5.69 Å². The third kappa shape index (κ3) is 6.65. The van der Waals surface area contributed by atoms with Gasteiger partial charge in [0.15, 0.2) is 6.61 Å². The smallest absolute Gasteiger partial charge is 0.422 e. The normalized spacial score (nSPS) is 12.3. The summed E-state index contributed by atoms with van der Waals surface area (Å²) in [6.45, 7) is 0.160. The van der Waals surface area contributed by atoms with Gasteiger partial charge in [-0.2, -0.15) is 13.2 Å². The van der Waals surface area contributed by atoms with E-state index in [2.05, 4.69) is 10.1 Å². The number of nitrogens with one attached hydrogen (secondary N) is 1. The Morgan fingerprint density at radius 3 is 2.41 bits per heavy atom. The molecule has 5 nitrogen and oxygen atoms in total. The average molecular weight is 381 g/mol. The summed E-state index contributed by atoms with van der Waals surface area (Å²) in [6, 6.07) is 12.3. The van der Waals surface area contributed by atoms with Gasteiger partial charge >= 0.3 is 12.1 Å². The molecule has 1 unspecified atom stereocenters. The number of ether oxygens (including phenoxy) is 1. The Hall–Kier alpha value is -3.03. The molecular formula is C19H18F3NO4. The lowest BCUT2D eigenvalue weighted by atomic mass is 10.0. The van der Waals surface area contributed by atoms with Gasteiger partial charge in [-0.3, -0.25) is 9.59 Å². The van der Waals surface area contributed by atoms with E-state index in [1.165, 1.54) is 18.2 Å². The fourth-order valence-corrected chi connectivity index (χ4v) is 2.30. The molecule has 0 heterocycles. The number of amides is 1. The monoisotopic (exact) mass is 381 g/mol. The van der Waals surface area contributed by atoms with Crippen LogP contribution in [0.15, 0.2) is 48.5 Å². The Balaban J connectivity index is 1.94. The van der Waals surface area contributed by atoms with Gasteiger partial charge in [0.2, 0.25) is 5.91 Å². The summed E-state index contributed by atoms with van der Waals surface area (Å²) in [5.74, 6) is -1.93. The molecule has 0 bridgehead atoms. The minimum Gasteiger partial charge on any atom is -0.484 e. The van der Waals surface area contributed by atoms with Crippen LogP contribution in [0.1, 0.15) is 24.0 Å². The molecule has 0 aliphatic carbocycles. The van der Waals surface area contributed by atoms with Gasteiger partial charge in [0.25, 0.3) is 0 Å². The highest BCUT2D eigenvalue weighted by atomic mass is 19.4. The van der Waals surface area contributed by atoms with Crippen LogP contribution >= 0.6 is 0 Å². The summed E-state index contributed by atoms with van der Waals surface area (Å²) in [4.78, 5) is 23.1. The predicted octanol–water partition coefficient (Wildman–Crippen LogP) is 4.00. The van der Waals surface area contributed by atoms with E-state index in [1.807, 2.05) is 0 Å². The van der Waals surface area contributed by atoms with Crippen LogP contribution in [0.3, 0.4) is 0 Å². The fourth-order valence-electron chi connectivity index (χ4n) is 2.30. The highest BCUT2D eigenvalue weighted by Gasteiger charge is 2.28. The number of hydrogen-bond donors (Lipinski definition) is 2. The Morgan fingerprint density at radius 2 is 1.81 bits per heavy atom. The zero-order valence-electron chi connectivity index (χ0n) is 14.4. The third-order valence-electron chi connectivity index (χ3n) is 3.73. The number of halogens is 3. The zero-order chi connectivity index (χ0) is 20.0. The number of alkyl halides is 3. The molecule has 2 rings (SSSR count). The van der Waals surface area contributed by atoms with Crippen LogP contribution in [0, 0.1) is 0 Å². The van der Waals surface area contributed by atoms with Crippen LogP contribution in [-0.2, 0) is 16.0 Å². The molecule has 1 amide bonds. The molecule has 0 spiro atoms. The number of carbonyl (C=O) groups is 2. The second kappa shape index (κ2) is 8.57. The highest BCUT2D eigenvalue weighted by Crippen LogP contribution is 2.21. The van der Waals surface area contributed by atoms with Gasteiger partial charge in [0.05, 0.1) is 12.3 Å². The quantitative estimate of drug-likeness (QED) is 0.760. The maximum absolute atomic E-state index is 12.2. The summed E-state index contributed by atoms with van der Waals surface area (Å²) >= 11 is 0. The van der Waals surface area contributed by atoms with Gasteiger partial charge < -0.3 is 15.2 Å². The maximum Gasteiger partial charge on any atom is 0.422 e. The minimum absolute atomic E-state index is 0.0321. The largest absolute Gasteiger partial charge is 0.484 e. The molecule has 0 saturated heterocycles. The van der Waals surface area contributed by atoms with Gasteiger partial charge in [-0.1, -0.05) is 24.3 Å². The van der Waals surface area contributed by atoms with Crippen molar-refractivity contribution in [3.8, 4) is 5.75 Å². The number of carboxylic acids is 1. The minimum atomic E-state index is -4.43. The summed E-state index contributed by atoms with van der Waals surface area (Å²) in [6.07, 6.45) is -4.48. The highest BCUT2D eigenvalue weighted by molar-refractivity contribution is 5.92. The number of anilines is 1. The molecule has 8 heteroatoms. The Labute approximate surface area is 153 Å². The van der Waals surface area contributed by atoms with Crippen molar-refractivity contribution in [1.29, 1.82) is 0 Å². The molecule has 0 aliphatic heterocycles. The van der Waals surface area contributed by atoms with Crippen molar-refractivity contribution in [3.05, 3.63) is 59.7 Å². The number of aliphatic carboxylic acids is 1. The number of carboxylic acid groups (broad SMARTS) is 1. The average Bonchev–Trinajstić information content (AvgIpc) is 2.59. The maximum atomic E-state index is 12.2. The standard InChI is InChI=1S/C19H18F3NO4/c1-12(18(25)26)14-5-7-15(8-6-14)23-17(24)10-13-3-2-4-16(9-13)27-11-19(20,21)22/h2-9,12H,10-11H2,1H3,(H,23,24)(H,25,26). The fraction of sp³-hybridized carbons (Fsp3) is 0.263. The molecule has 2 aromatic rings. The summed E-state index contributed by atoms with van der Waals surface area (Å²) < 4.78 is 41.2. The Kier molecular flexibility index (Phi) is 6.44. The Morgan fingerprint density at radius 1 is 1.15 bits per heavy atom. The van der Waals surface area contributed by atoms with Crippen molar-refractivity contribution in [2.45, 2.75) is 25.4 Å². The van der Waals surface area contributed by atoms with Crippen molar-refractivity contribution in [3.63, 3.8) is 0 Å². The lowest BCUT2D eigenvalue weighted by molar-refractivity contribution is -0.153. The topological polar surface area (TPSA) is 75.6 Å². The zero-order valence-corrected chi connectivity index (χ0v) is 14.4. The van der Waals surface area contributed by atoms with Crippen molar-refractivity contribution >= 4 is 17.6 Å². The molecule has 1 atom stereocenters. The third-order valence-corrected chi connectivity index (χ3v) is 3.73. The summed E-state index contributed by atoms with van der Waals surface area (Å²) in [7, 11) is 0. The van der Waals surface area contributed by atoms with E-state index < -0.39 is 24.7 Å². The van der Waals surface area contributed by atoms with Crippen LogP contribution in [0.2, 0.25) is 0 Å². The van der Waals surface area contributed by atoms with E-state index in [1.54, 1.807) is 37.3 Å². The van der Waals surface area contributed by atoms with E-state index in [0.29, 0.717) is 16.8 Å². The van der Waals surface area contributed by atoms with Crippen molar-refractivity contribution in [1.82, 2.24) is 0 Å². The first-order valence-corrected chi connectivity index (χ1v) is 8.05. The first-order chi connectivity index (χ1) is 12.6. The lowest BCUT2D eigenvalue weighted by Crippen LogP contribution is -2.19. The van der Waals surface area contributed by atoms with Crippen LogP contribution in [-0.4, -0.2) is 29.8 Å². The molecule has 0 aliphatic rings. The molecule has 0 radical (unpaired) electrons. The first kappa shape index (κ1) is 20.3. The van der Waals surface area contributed by atoms with Gasteiger partial charge in [-0.25, -0.2) is 0 Å². The van der Waals surface area contributed by atoms with E-state index in [-0.39, 0.29) is 18.1 Å². The molecular weight excluding hydrogens is 363 g/mol. The van der Waals surface area contributed by atoms with E-state index in [4.69, 9.17) is 5.11 Å². The number of rotatable bonds is 7. The molecule has 0 aromatic heterocycles. The van der Waals surface area contributed by atoms with Crippen LogP contribution < -0.4 is 10.1 Å². The molecule has 2 aromatic carbocycles. The number of hydrogen-bond acceptors (Lipinski definition) is 3. The van der Waals surface area contributed by atoms with Crippen LogP contribution in [0.4, 0.5) is 18.9 Å². The first-order valence-electron chi connectivity index (χ1n) is 8.05. The van der Waals surface area contributed by atoms with Gasteiger partial charge in [-0.15, -0.1) is 0 Å². The molecule has 2 N–H and O–H groups in total. The van der Waals surface area contributed by atoms with Crippen molar-refractivity contribution in [2.75, 3.05) is 11.9 Å². The van der Waals surface area contributed by atoms with Gasteiger partial charge in [-0.05, 0) is 42.3 Å². The van der Waals surface area contributed by atoms with Crippen LogP contribution in [0.5, 0.6) is 5.75 Å². The molecule has 144 valence electrons. The van der Waals surface area contributed by atoms with Gasteiger partial charge in [0.1, 0.15) is 5.75 Å².